The molecule has 0 unspecified atom stereocenters. The van der Waals surface area contributed by atoms with Crippen molar-refractivity contribution in [3.8, 4) is 0 Å². The molecule has 0 spiro atoms. The molecule has 0 saturated heterocycles. The highest BCUT2D eigenvalue weighted by molar-refractivity contribution is 5.94. The summed E-state index contributed by atoms with van der Waals surface area (Å²) < 4.78 is 5.41. The first kappa shape index (κ1) is 17.7. The van der Waals surface area contributed by atoms with Gasteiger partial charge >= 0.3 is 0 Å². The number of hydrogen-bond acceptors (Lipinski definition) is 3. The number of carbonyl (C=O) groups is 1. The van der Waals surface area contributed by atoms with Crippen LogP contribution in [0.1, 0.15) is 36.5 Å². The third kappa shape index (κ3) is 7.70. The molecule has 0 aliphatic heterocycles. The number of hydrogen-bond donors (Lipinski definition) is 2. The average molecular weight is 287 g/mol. The predicted molar refractivity (Wildman–Crippen MR) is 80.8 cm³/mol. The van der Waals surface area contributed by atoms with Crippen molar-refractivity contribution in [1.82, 2.24) is 5.32 Å². The van der Waals surface area contributed by atoms with E-state index in [1.807, 2.05) is 0 Å². The molecular formula is C14H23ClN2O2. The van der Waals surface area contributed by atoms with Crippen molar-refractivity contribution in [2.45, 2.75) is 26.2 Å². The van der Waals surface area contributed by atoms with E-state index in [2.05, 4.69) is 12.2 Å². The zero-order chi connectivity index (χ0) is 13.2. The Morgan fingerprint density at radius 1 is 1.32 bits per heavy atom. The SMILES string of the molecule is CCCCOCCCNC(=O)c1cccc(N)c1.Cl. The lowest BCUT2D eigenvalue weighted by atomic mass is 10.2. The Labute approximate surface area is 121 Å². The molecule has 0 atom stereocenters. The van der Waals surface area contributed by atoms with Crippen LogP contribution in [0, 0.1) is 0 Å². The molecule has 3 N–H and O–H groups in total. The molecule has 108 valence electrons. The maximum absolute atomic E-state index is 11.7. The van der Waals surface area contributed by atoms with Crippen LogP contribution in [0.25, 0.3) is 0 Å². The Morgan fingerprint density at radius 2 is 2.05 bits per heavy atom. The summed E-state index contributed by atoms with van der Waals surface area (Å²) in [6.45, 7) is 4.26. The van der Waals surface area contributed by atoms with Crippen LogP contribution < -0.4 is 11.1 Å². The molecule has 0 fully saturated rings. The van der Waals surface area contributed by atoms with Gasteiger partial charge in [0.05, 0.1) is 0 Å². The second-order valence-electron chi connectivity index (χ2n) is 4.20. The van der Waals surface area contributed by atoms with Crippen molar-refractivity contribution in [3.63, 3.8) is 0 Å². The number of rotatable bonds is 8. The van der Waals surface area contributed by atoms with Gasteiger partial charge in [-0.15, -0.1) is 12.4 Å². The van der Waals surface area contributed by atoms with Gasteiger partial charge in [0.2, 0.25) is 0 Å². The minimum atomic E-state index is -0.0872. The van der Waals surface area contributed by atoms with Gasteiger partial charge < -0.3 is 15.8 Å². The van der Waals surface area contributed by atoms with Crippen LogP contribution in [0.5, 0.6) is 0 Å². The highest BCUT2D eigenvalue weighted by Gasteiger charge is 2.04. The molecule has 0 heterocycles. The number of carbonyl (C=O) groups excluding carboxylic acids is 1. The Morgan fingerprint density at radius 3 is 2.74 bits per heavy atom. The third-order valence-electron chi connectivity index (χ3n) is 2.54. The average Bonchev–Trinajstić information content (AvgIpc) is 2.37. The number of anilines is 1. The van der Waals surface area contributed by atoms with Crippen LogP contribution in [0.15, 0.2) is 24.3 Å². The fourth-order valence-electron chi connectivity index (χ4n) is 1.51. The number of ether oxygens (including phenoxy) is 1. The summed E-state index contributed by atoms with van der Waals surface area (Å²) in [6, 6.07) is 6.97. The number of nitrogen functional groups attached to an aromatic ring is 1. The molecule has 1 aromatic rings. The summed E-state index contributed by atoms with van der Waals surface area (Å²) in [7, 11) is 0. The summed E-state index contributed by atoms with van der Waals surface area (Å²) in [5, 5.41) is 2.84. The maximum Gasteiger partial charge on any atom is 0.251 e. The number of unbranched alkanes of at least 4 members (excludes halogenated alkanes) is 1. The smallest absolute Gasteiger partial charge is 0.251 e. The number of benzene rings is 1. The summed E-state index contributed by atoms with van der Waals surface area (Å²) in [6.07, 6.45) is 3.07. The zero-order valence-electron chi connectivity index (χ0n) is 11.4. The molecule has 19 heavy (non-hydrogen) atoms. The first-order valence-corrected chi connectivity index (χ1v) is 6.45. The molecule has 0 bridgehead atoms. The van der Waals surface area contributed by atoms with Gasteiger partial charge in [0.15, 0.2) is 0 Å². The lowest BCUT2D eigenvalue weighted by Gasteiger charge is -2.06. The first-order chi connectivity index (χ1) is 8.74. The normalized spacial score (nSPS) is 9.74. The standard InChI is InChI=1S/C14H22N2O2.ClH/c1-2-3-9-18-10-5-8-16-14(17)12-6-4-7-13(15)11-12;/h4,6-7,11H,2-3,5,8-10,15H2,1H3,(H,16,17);1H. The monoisotopic (exact) mass is 286 g/mol. The van der Waals surface area contributed by atoms with Crippen molar-refractivity contribution in [1.29, 1.82) is 0 Å². The third-order valence-corrected chi connectivity index (χ3v) is 2.54. The number of nitrogens with two attached hydrogens (primary N) is 1. The summed E-state index contributed by atoms with van der Waals surface area (Å²) >= 11 is 0. The molecule has 4 nitrogen and oxygen atoms in total. The van der Waals surface area contributed by atoms with Crippen molar-refractivity contribution in [2.75, 3.05) is 25.5 Å². The molecule has 5 heteroatoms. The number of halogens is 1. The second kappa shape index (κ2) is 10.6. The van der Waals surface area contributed by atoms with Crippen LogP contribution in [0.4, 0.5) is 5.69 Å². The van der Waals surface area contributed by atoms with Gasteiger partial charge in [0, 0.05) is 31.0 Å². The second-order valence-corrected chi connectivity index (χ2v) is 4.20. The van der Waals surface area contributed by atoms with Crippen molar-refractivity contribution in [3.05, 3.63) is 29.8 Å². The molecule has 1 rings (SSSR count). The molecule has 1 aromatic carbocycles. The summed E-state index contributed by atoms with van der Waals surface area (Å²) in [5.41, 5.74) is 6.82. The fourth-order valence-corrected chi connectivity index (χ4v) is 1.51. The highest BCUT2D eigenvalue weighted by atomic mass is 35.5. The van der Waals surface area contributed by atoms with E-state index in [-0.39, 0.29) is 18.3 Å². The molecule has 0 aromatic heterocycles. The van der Waals surface area contributed by atoms with Crippen LogP contribution in [0.2, 0.25) is 0 Å². The minimum absolute atomic E-state index is 0. The minimum Gasteiger partial charge on any atom is -0.399 e. The van der Waals surface area contributed by atoms with Gasteiger partial charge in [-0.3, -0.25) is 4.79 Å². The van der Waals surface area contributed by atoms with Gasteiger partial charge in [-0.2, -0.15) is 0 Å². The molecule has 1 amide bonds. The van der Waals surface area contributed by atoms with Gasteiger partial charge in [-0.1, -0.05) is 19.4 Å². The number of amides is 1. The van der Waals surface area contributed by atoms with E-state index in [4.69, 9.17) is 10.5 Å². The van der Waals surface area contributed by atoms with E-state index in [1.165, 1.54) is 0 Å². The topological polar surface area (TPSA) is 64.3 Å². The Kier molecular flexibility index (Phi) is 9.94. The van der Waals surface area contributed by atoms with Crippen LogP contribution in [-0.2, 0) is 4.74 Å². The van der Waals surface area contributed by atoms with E-state index in [9.17, 15) is 4.79 Å². The van der Waals surface area contributed by atoms with Gasteiger partial charge in [-0.05, 0) is 31.0 Å². The Balaban J connectivity index is 0.00000324. The zero-order valence-corrected chi connectivity index (χ0v) is 12.2. The van der Waals surface area contributed by atoms with E-state index >= 15 is 0 Å². The number of nitrogens with one attached hydrogen (secondary N) is 1. The Bertz CT molecular complexity index is 372. The largest absolute Gasteiger partial charge is 0.399 e. The lowest BCUT2D eigenvalue weighted by Crippen LogP contribution is -2.25. The van der Waals surface area contributed by atoms with Crippen LogP contribution in [-0.4, -0.2) is 25.7 Å². The van der Waals surface area contributed by atoms with Gasteiger partial charge in [-0.25, -0.2) is 0 Å². The van der Waals surface area contributed by atoms with E-state index in [0.717, 1.165) is 25.9 Å². The van der Waals surface area contributed by atoms with E-state index in [0.29, 0.717) is 24.4 Å². The predicted octanol–water partition coefficient (Wildman–Crippen LogP) is 2.63. The first-order valence-electron chi connectivity index (χ1n) is 6.45. The van der Waals surface area contributed by atoms with Crippen molar-refractivity contribution < 1.29 is 9.53 Å². The Hall–Kier alpha value is -1.26. The van der Waals surface area contributed by atoms with Crippen molar-refractivity contribution >= 4 is 24.0 Å². The molecule has 0 aliphatic rings. The fraction of sp³-hybridized carbons (Fsp3) is 0.500. The molecular weight excluding hydrogens is 264 g/mol. The lowest BCUT2D eigenvalue weighted by molar-refractivity contribution is 0.0940. The van der Waals surface area contributed by atoms with E-state index in [1.54, 1.807) is 24.3 Å². The quantitative estimate of drug-likeness (QED) is 0.570. The van der Waals surface area contributed by atoms with Gasteiger partial charge in [0.25, 0.3) is 5.91 Å². The van der Waals surface area contributed by atoms with E-state index < -0.39 is 0 Å². The summed E-state index contributed by atoms with van der Waals surface area (Å²) in [4.78, 5) is 11.7. The van der Waals surface area contributed by atoms with Crippen molar-refractivity contribution in [2.24, 2.45) is 0 Å². The van der Waals surface area contributed by atoms with Crippen LogP contribution in [0.3, 0.4) is 0 Å². The van der Waals surface area contributed by atoms with Gasteiger partial charge in [0.1, 0.15) is 0 Å². The molecule has 0 radical (unpaired) electrons. The maximum atomic E-state index is 11.7. The summed E-state index contributed by atoms with van der Waals surface area (Å²) in [5.74, 6) is -0.0872. The highest BCUT2D eigenvalue weighted by Crippen LogP contribution is 2.05. The molecule has 0 saturated carbocycles. The van der Waals surface area contributed by atoms with Crippen LogP contribution >= 0.6 is 12.4 Å². The molecule has 0 aliphatic carbocycles.